The van der Waals surface area contributed by atoms with Crippen LogP contribution >= 0.6 is 94.0 Å². The third-order valence-electron chi connectivity index (χ3n) is 16.6. The van der Waals surface area contributed by atoms with Crippen molar-refractivity contribution < 1.29 is 100 Å². The first-order valence-corrected chi connectivity index (χ1v) is 39.0. The summed E-state index contributed by atoms with van der Waals surface area (Å²) in [6.45, 7) is 10.8. The van der Waals surface area contributed by atoms with Crippen molar-refractivity contribution in [3.05, 3.63) is 209 Å². The summed E-state index contributed by atoms with van der Waals surface area (Å²) in [5.74, 6) is -6.85. The van der Waals surface area contributed by atoms with Gasteiger partial charge in [-0.1, -0.05) is 69.6 Å². The Balaban J connectivity index is 0.000000254. The Morgan fingerprint density at radius 3 is 1.31 bits per heavy atom. The molecule has 2 aliphatic carbocycles. The Morgan fingerprint density at radius 2 is 0.916 bits per heavy atom. The van der Waals surface area contributed by atoms with E-state index in [1.54, 1.807) is 102 Å². The van der Waals surface area contributed by atoms with Crippen LogP contribution in [0.5, 0.6) is 0 Å². The molecular weight excluding hydrogens is 1750 g/mol. The molecule has 0 saturated heterocycles. The second kappa shape index (κ2) is 46.2. The first-order valence-electron chi connectivity index (χ1n) is 34.6. The number of anilines is 1. The molecule has 2 aromatic carbocycles. The van der Waals surface area contributed by atoms with Crippen molar-refractivity contribution in [1.29, 1.82) is 0 Å². The summed E-state index contributed by atoms with van der Waals surface area (Å²) in [7, 11) is 9.61. The molecule has 0 amide bonds. The van der Waals surface area contributed by atoms with Crippen molar-refractivity contribution in [2.75, 3.05) is 40.1 Å². The Hall–Kier alpha value is -8.96. The van der Waals surface area contributed by atoms with Crippen LogP contribution in [-0.4, -0.2) is 181 Å². The van der Waals surface area contributed by atoms with Crippen LogP contribution in [0, 0.1) is 34.6 Å². The van der Waals surface area contributed by atoms with E-state index in [1.165, 1.54) is 72.4 Å². The number of imidazole rings is 5. The predicted octanol–water partition coefficient (Wildman–Crippen LogP) is 13.8. The van der Waals surface area contributed by atoms with E-state index in [2.05, 4.69) is 99.6 Å². The van der Waals surface area contributed by atoms with E-state index in [9.17, 15) is 45.7 Å². The molecule has 2 saturated carbocycles. The van der Waals surface area contributed by atoms with E-state index in [-0.39, 0.29) is 105 Å². The van der Waals surface area contributed by atoms with Gasteiger partial charge in [0.25, 0.3) is 0 Å². The van der Waals surface area contributed by atoms with Crippen molar-refractivity contribution in [2.45, 2.75) is 116 Å². The zero-order valence-electron chi connectivity index (χ0n) is 66.3. The van der Waals surface area contributed by atoms with E-state index in [4.69, 9.17) is 96.2 Å². The Kier molecular flexibility index (Phi) is 38.4. The summed E-state index contributed by atoms with van der Waals surface area (Å²) < 4.78 is 101. The van der Waals surface area contributed by atoms with Gasteiger partial charge in [-0.2, -0.15) is 30.6 Å². The number of fused-ring (bicyclic) bond motifs is 5. The summed E-state index contributed by atoms with van der Waals surface area (Å²) in [4.78, 5) is 77.6. The molecule has 0 spiro atoms. The number of aryl methyl sites for hydroxylation is 5. The van der Waals surface area contributed by atoms with Gasteiger partial charge in [-0.15, -0.1) is 16.7 Å². The van der Waals surface area contributed by atoms with E-state index in [0.29, 0.717) is 92.2 Å². The number of nitrogens with zero attached hydrogens (tertiary/aromatic N) is 18. The van der Waals surface area contributed by atoms with Crippen LogP contribution in [0.15, 0.2) is 127 Å². The van der Waals surface area contributed by atoms with Crippen LogP contribution in [0.4, 0.5) is 23.4 Å². The Labute approximate surface area is 745 Å². The minimum Gasteiger partial charge on any atom is -1.00 e. The molecule has 1 unspecified atom stereocenters. The molecule has 15 rings (SSSR count). The maximum atomic E-state index is 13.7. The van der Waals surface area contributed by atoms with Crippen LogP contribution in [0.25, 0.3) is 50.8 Å². The zero-order valence-corrected chi connectivity index (χ0v) is 74.3. The molecule has 2 fully saturated rings. The normalized spacial score (nSPS) is 13.3. The van der Waals surface area contributed by atoms with Crippen LogP contribution in [0.2, 0.25) is 30.1 Å². The second-order valence-electron chi connectivity index (χ2n) is 25.5. The van der Waals surface area contributed by atoms with Gasteiger partial charge in [-0.05, 0) is 128 Å². The van der Waals surface area contributed by atoms with E-state index >= 15 is 0 Å². The minimum absolute atomic E-state index is 0. The fourth-order valence-corrected chi connectivity index (χ4v) is 13.4. The summed E-state index contributed by atoms with van der Waals surface area (Å²) in [5, 5.41) is 30.4. The molecule has 625 valence electrons. The summed E-state index contributed by atoms with van der Waals surface area (Å²) in [6.07, 6.45) is 14.1. The first-order chi connectivity index (χ1) is 55.8. The van der Waals surface area contributed by atoms with Gasteiger partial charge in [0, 0.05) is 74.6 Å². The number of aromatic nitrogens is 17. The molecule has 119 heavy (non-hydrogen) atoms. The van der Waals surface area contributed by atoms with Gasteiger partial charge in [0.1, 0.15) is 11.6 Å². The molecule has 13 aromatic rings. The average Bonchev–Trinajstić information content (AvgIpc) is 1.58. The van der Waals surface area contributed by atoms with E-state index in [0.717, 1.165) is 45.2 Å². The van der Waals surface area contributed by atoms with Crippen molar-refractivity contribution in [3.63, 3.8) is 0 Å². The predicted molar refractivity (Wildman–Crippen MR) is 445 cm³/mol. The van der Waals surface area contributed by atoms with Crippen molar-refractivity contribution in [3.8, 4) is 22.5 Å². The van der Waals surface area contributed by atoms with Gasteiger partial charge < -0.3 is 30.7 Å². The number of nitrogen functional groups attached to an aromatic ring is 1. The standard InChI is InChI=1S/C21H19Cl2F2N3O2.C15H11Cl2N3O2.2C9H9N3O2.C7H6ClN3.C6H10F2O2S.C4H4ClN3.C3H5ClO.BHNS.Na.H/c1-11-18(13-7-14(22)9-15(23)8-13)28-19(27-11)17(16(10-26-28)20(29)30-2)12-3-5-21(24,25)6-4-12;1-8-14(9-3-11(16)6-12(17)4-9)20-13(19-8)5-10(7-18-20)15(21)22-2;2*1-6-5-12-8(11-6)3-7(4-10-12)9(13)14-2;1-5-4-11-7(10-5)2-6(8)3-9-11;7-6(8)3-1-5(2-4-6)11(9)10;5-3-1-4(6)8-7-2-3;1-3(5)2-4;1-2-3;;/h7-10,12H,3-6H2,1-2H3;3-7H,1-2H3;2*3-5H,1-2H3;2-4H,1H3;5H,1-4H2,(H,9,10);1-2H,(H2,6,8);2H2,1H3;3H;;/q;;;;;;;;;+1;-1. The molecule has 1 radical (unpaired) electrons. The van der Waals surface area contributed by atoms with Crippen LogP contribution in [0.1, 0.15) is 141 Å². The summed E-state index contributed by atoms with van der Waals surface area (Å²) in [6, 6.07) is 18.6. The van der Waals surface area contributed by atoms with Crippen LogP contribution < -0.4 is 35.3 Å². The van der Waals surface area contributed by atoms with Crippen LogP contribution in [0.3, 0.4) is 0 Å². The minimum atomic E-state index is -2.68. The third kappa shape index (κ3) is 28.9. The van der Waals surface area contributed by atoms with E-state index in [1.807, 2.05) is 40.8 Å². The number of hydrogen-bond acceptors (Lipinski definition) is 25. The van der Waals surface area contributed by atoms with Crippen molar-refractivity contribution in [1.82, 2.24) is 83.2 Å². The number of ether oxygens (including phenoxy) is 4. The number of methoxy groups -OCH3 is 4. The zero-order chi connectivity index (χ0) is 87.0. The molecule has 45 heteroatoms. The molecule has 11 heterocycles. The van der Waals surface area contributed by atoms with Gasteiger partial charge in [-0.3, -0.25) is 4.79 Å². The van der Waals surface area contributed by atoms with Crippen molar-refractivity contribution >= 4 is 176 Å². The van der Waals surface area contributed by atoms with Crippen LogP contribution in [-0.2, 0) is 34.8 Å². The number of thiol groups is 1. The molecule has 11 aromatic heterocycles. The number of carbonyl (C=O) groups is 5. The molecule has 2 aliphatic rings. The van der Waals surface area contributed by atoms with Gasteiger partial charge in [0.05, 0.1) is 167 Å². The molecule has 0 aliphatic heterocycles. The van der Waals surface area contributed by atoms with Crippen molar-refractivity contribution in [2.24, 2.45) is 4.30 Å². The van der Waals surface area contributed by atoms with Gasteiger partial charge >= 0.3 is 78.2 Å². The largest absolute Gasteiger partial charge is 1.00 e. The maximum Gasteiger partial charge on any atom is 1.00 e. The topological polar surface area (TPSA) is 375 Å². The maximum absolute atomic E-state index is 13.7. The fraction of sp³-hybridized carbons (Fsp3) is 0.311. The number of rotatable bonds is 9. The number of nitrogens with two attached hydrogens (primary N) is 1. The molecular formula is C74H75BCl7F4N19NaO11S2. The van der Waals surface area contributed by atoms with E-state index < -0.39 is 52.1 Å². The summed E-state index contributed by atoms with van der Waals surface area (Å²) >= 11 is 41.9. The number of carbonyl (C=O) groups excluding carboxylic acids is 5. The quantitative estimate of drug-likeness (QED) is 0.0230. The number of benzene rings is 2. The molecule has 30 nitrogen and oxygen atoms in total. The SMILES string of the molecule is CC(=O)CCl.COC(=O)c1cnn2c(-c3cc(Cl)cc(Cl)c3)c(C)nc2c1.COC(=O)c1cnn2c(-c3cc(Cl)cc(Cl)c3)c(C)nc2c1C1CCC(F)(F)CC1.COC(=O)c1cnn2cc(C)nc2c1.COC(=O)c1cnn2cc(C)nc2c1.Cc1cn2ncc(Cl)cc2n1.Nc1cc(Cl)cnn1.O=S(O)C1CCC(F)(F)CC1.[B]=NS.[H-].[Na+]. The Bertz CT molecular complexity index is 5620. The monoisotopic (exact) mass is 1820 g/mol. The number of hydrogen-bond donors (Lipinski definition) is 3. The number of esters is 4. The number of Topliss-reactive ketones (excluding diaryl/α,β-unsaturated/α-hetero) is 1. The molecule has 3 N–H and O–H groups in total. The first kappa shape index (κ1) is 98.9. The van der Waals surface area contributed by atoms with Gasteiger partial charge in [0.2, 0.25) is 11.8 Å². The second-order valence-corrected chi connectivity index (χ2v) is 29.9. The van der Waals surface area contributed by atoms with Gasteiger partial charge in [0.15, 0.2) is 39.3 Å². The smallest absolute Gasteiger partial charge is 1.00 e. The Morgan fingerprint density at radius 1 is 0.546 bits per heavy atom. The molecule has 0 bridgehead atoms. The van der Waals surface area contributed by atoms with Gasteiger partial charge in [-0.25, -0.2) is 88.4 Å². The third-order valence-corrected chi connectivity index (χ3v) is 19.3. The fourth-order valence-electron chi connectivity index (χ4n) is 11.4. The number of halogens is 11. The molecule has 1 atom stereocenters. The number of alkyl halides is 5. The average molecular weight is 1830 g/mol. The summed E-state index contributed by atoms with van der Waals surface area (Å²) in [5.41, 5.74) is 17.3. The number of ketones is 1.